The maximum Gasteiger partial charge on any atom is 0.518 e. The highest BCUT2D eigenvalue weighted by Crippen LogP contribution is 2.36. The van der Waals surface area contributed by atoms with E-state index in [9.17, 15) is 0 Å². The van der Waals surface area contributed by atoms with E-state index < -0.39 is 7.12 Å². The van der Waals surface area contributed by atoms with E-state index in [1.165, 1.54) is 0 Å². The summed E-state index contributed by atoms with van der Waals surface area (Å²) in [5, 5.41) is 8.32. The van der Waals surface area contributed by atoms with Crippen LogP contribution in [0.4, 0.5) is 0 Å². The molecule has 0 spiro atoms. The first-order valence-corrected chi connectivity index (χ1v) is 6.76. The van der Waals surface area contributed by atoms with Gasteiger partial charge < -0.3 is 9.31 Å². The van der Waals surface area contributed by atoms with E-state index in [-0.39, 0.29) is 16.6 Å². The van der Waals surface area contributed by atoms with Gasteiger partial charge in [0.25, 0.3) is 0 Å². The molecule has 0 N–H and O–H groups in total. The summed E-state index contributed by atoms with van der Waals surface area (Å²) >= 11 is 0. The number of aromatic nitrogens is 3. The Morgan fingerprint density at radius 1 is 1.16 bits per heavy atom. The van der Waals surface area contributed by atoms with Gasteiger partial charge in [-0.05, 0) is 33.1 Å². The number of rotatable bonds is 2. The van der Waals surface area contributed by atoms with Crippen LogP contribution in [0, 0.1) is 5.41 Å². The van der Waals surface area contributed by atoms with Gasteiger partial charge in [-0.15, -0.1) is 5.10 Å². The van der Waals surface area contributed by atoms with Gasteiger partial charge in [0.1, 0.15) is 5.59 Å². The highest BCUT2D eigenvalue weighted by Gasteiger charge is 2.52. The number of hydrogen-bond donors (Lipinski definition) is 0. The van der Waals surface area contributed by atoms with Crippen LogP contribution in [0.15, 0.2) is 6.20 Å². The molecule has 1 aromatic rings. The molecule has 1 fully saturated rings. The minimum absolute atomic E-state index is 0.168. The Balaban J connectivity index is 2.13. The van der Waals surface area contributed by atoms with E-state index in [0.717, 1.165) is 12.1 Å². The molecule has 0 radical (unpaired) electrons. The van der Waals surface area contributed by atoms with E-state index in [4.69, 9.17) is 9.31 Å². The second kappa shape index (κ2) is 4.31. The molecule has 1 aliphatic heterocycles. The quantitative estimate of drug-likeness (QED) is 0.762. The summed E-state index contributed by atoms with van der Waals surface area (Å²) in [6.45, 7) is 15.5. The van der Waals surface area contributed by atoms with Crippen molar-refractivity contribution >= 4 is 12.7 Å². The van der Waals surface area contributed by atoms with Gasteiger partial charge in [-0.3, -0.25) is 4.68 Å². The first kappa shape index (κ1) is 14.5. The molecular formula is C13H24BN3O2. The summed E-state index contributed by atoms with van der Waals surface area (Å²) < 4.78 is 13.8. The Bertz CT molecular complexity index is 447. The molecule has 1 aliphatic rings. The van der Waals surface area contributed by atoms with Crippen LogP contribution in [0.2, 0.25) is 0 Å². The van der Waals surface area contributed by atoms with Crippen LogP contribution >= 0.6 is 0 Å². The van der Waals surface area contributed by atoms with Crippen LogP contribution in [-0.2, 0) is 15.9 Å². The Hall–Kier alpha value is -0.875. The van der Waals surface area contributed by atoms with Gasteiger partial charge in [-0.1, -0.05) is 26.0 Å². The average molecular weight is 265 g/mol. The van der Waals surface area contributed by atoms with Crippen LogP contribution in [-0.4, -0.2) is 33.3 Å². The molecule has 2 heterocycles. The first-order valence-electron chi connectivity index (χ1n) is 6.76. The molecule has 19 heavy (non-hydrogen) atoms. The lowest BCUT2D eigenvalue weighted by Gasteiger charge is -2.32. The lowest BCUT2D eigenvalue weighted by Crippen LogP contribution is -2.41. The van der Waals surface area contributed by atoms with Gasteiger partial charge in [0.2, 0.25) is 0 Å². The Kier molecular flexibility index (Phi) is 3.30. The standard InChI is InChI=1S/C13H24BN3O2/c1-11(2,3)9-17-8-10(15-16-17)14-18-12(4,5)13(6,7)19-14/h8H,9H2,1-7H3. The van der Waals surface area contributed by atoms with E-state index in [0.29, 0.717) is 0 Å². The number of nitrogens with zero attached hydrogens (tertiary/aromatic N) is 3. The fraction of sp³-hybridized carbons (Fsp3) is 0.846. The zero-order valence-electron chi connectivity index (χ0n) is 13.0. The molecule has 0 atom stereocenters. The predicted molar refractivity (Wildman–Crippen MR) is 75.2 cm³/mol. The topological polar surface area (TPSA) is 49.2 Å². The molecule has 0 saturated carbocycles. The van der Waals surface area contributed by atoms with Crippen molar-refractivity contribution in [1.29, 1.82) is 0 Å². The zero-order valence-corrected chi connectivity index (χ0v) is 13.0. The van der Waals surface area contributed by atoms with Crippen molar-refractivity contribution in [2.45, 2.75) is 66.2 Å². The molecule has 0 bridgehead atoms. The van der Waals surface area contributed by atoms with Crippen LogP contribution in [0.25, 0.3) is 0 Å². The molecule has 0 aliphatic carbocycles. The average Bonchev–Trinajstić information content (AvgIpc) is 2.68. The Morgan fingerprint density at radius 2 is 1.68 bits per heavy atom. The van der Waals surface area contributed by atoms with Crippen LogP contribution < -0.4 is 5.59 Å². The Labute approximate surface area is 115 Å². The molecule has 6 heteroatoms. The van der Waals surface area contributed by atoms with E-state index in [1.54, 1.807) is 0 Å². The largest absolute Gasteiger partial charge is 0.518 e. The van der Waals surface area contributed by atoms with Crippen LogP contribution in [0.3, 0.4) is 0 Å². The van der Waals surface area contributed by atoms with Crippen molar-refractivity contribution in [3.63, 3.8) is 0 Å². The minimum Gasteiger partial charge on any atom is -0.398 e. The SMILES string of the molecule is CC(C)(C)Cn1cc(B2OC(C)(C)C(C)(C)O2)nn1. The summed E-state index contributed by atoms with van der Waals surface area (Å²) in [5.41, 5.74) is 0.223. The monoisotopic (exact) mass is 265 g/mol. The normalized spacial score (nSPS) is 21.9. The molecular weight excluding hydrogens is 241 g/mol. The second-order valence-corrected chi connectivity index (χ2v) is 7.49. The van der Waals surface area contributed by atoms with E-state index >= 15 is 0 Å². The van der Waals surface area contributed by atoms with Gasteiger partial charge in [-0.25, -0.2) is 0 Å². The van der Waals surface area contributed by atoms with Crippen LogP contribution in [0.5, 0.6) is 0 Å². The van der Waals surface area contributed by atoms with E-state index in [1.807, 2.05) is 38.6 Å². The molecule has 1 aromatic heterocycles. The van der Waals surface area contributed by atoms with Crippen molar-refractivity contribution in [2.75, 3.05) is 0 Å². The molecule has 2 rings (SSSR count). The fourth-order valence-electron chi connectivity index (χ4n) is 1.95. The predicted octanol–water partition coefficient (Wildman–Crippen LogP) is 1.62. The highest BCUT2D eigenvalue weighted by molar-refractivity contribution is 6.61. The van der Waals surface area contributed by atoms with Gasteiger partial charge in [0.15, 0.2) is 0 Å². The molecule has 0 aromatic carbocycles. The first-order chi connectivity index (χ1) is 8.50. The van der Waals surface area contributed by atoms with Gasteiger partial charge >= 0.3 is 7.12 Å². The lowest BCUT2D eigenvalue weighted by atomic mass is 9.86. The summed E-state index contributed by atoms with van der Waals surface area (Å²) in [5.74, 6) is 0. The van der Waals surface area contributed by atoms with Gasteiger partial charge in [-0.2, -0.15) is 0 Å². The second-order valence-electron chi connectivity index (χ2n) is 7.49. The van der Waals surface area contributed by atoms with Gasteiger partial charge in [0.05, 0.1) is 11.2 Å². The maximum atomic E-state index is 5.96. The Morgan fingerprint density at radius 3 is 2.16 bits per heavy atom. The lowest BCUT2D eigenvalue weighted by molar-refractivity contribution is 0.00578. The van der Waals surface area contributed by atoms with Crippen molar-refractivity contribution in [1.82, 2.24) is 15.0 Å². The third kappa shape index (κ3) is 3.00. The minimum atomic E-state index is -0.432. The van der Waals surface area contributed by atoms with Crippen LogP contribution in [0.1, 0.15) is 48.5 Å². The van der Waals surface area contributed by atoms with E-state index in [2.05, 4.69) is 31.1 Å². The third-order valence-corrected chi connectivity index (χ3v) is 3.69. The molecule has 5 nitrogen and oxygen atoms in total. The van der Waals surface area contributed by atoms with Crippen molar-refractivity contribution in [3.05, 3.63) is 6.20 Å². The fourth-order valence-corrected chi connectivity index (χ4v) is 1.95. The summed E-state index contributed by atoms with van der Waals surface area (Å²) in [4.78, 5) is 0. The van der Waals surface area contributed by atoms with Crippen molar-refractivity contribution in [3.8, 4) is 0 Å². The maximum absolute atomic E-state index is 5.96. The van der Waals surface area contributed by atoms with Crippen molar-refractivity contribution in [2.24, 2.45) is 5.41 Å². The third-order valence-electron chi connectivity index (χ3n) is 3.69. The zero-order chi connectivity index (χ0) is 14.5. The molecule has 0 amide bonds. The number of hydrogen-bond acceptors (Lipinski definition) is 4. The highest BCUT2D eigenvalue weighted by atomic mass is 16.7. The molecule has 1 saturated heterocycles. The summed E-state index contributed by atoms with van der Waals surface area (Å²) in [6.07, 6.45) is 1.91. The summed E-state index contributed by atoms with van der Waals surface area (Å²) in [7, 11) is -0.432. The smallest absolute Gasteiger partial charge is 0.398 e. The molecule has 106 valence electrons. The van der Waals surface area contributed by atoms with Gasteiger partial charge in [0, 0.05) is 12.7 Å². The van der Waals surface area contributed by atoms with Crippen molar-refractivity contribution < 1.29 is 9.31 Å². The molecule has 0 unspecified atom stereocenters. The summed E-state index contributed by atoms with van der Waals surface area (Å²) in [6, 6.07) is 0.